The van der Waals surface area contributed by atoms with Crippen LogP contribution >= 0.6 is 11.6 Å². The molecule has 0 aliphatic carbocycles. The molecule has 0 unspecified atom stereocenters. The van der Waals surface area contributed by atoms with Gasteiger partial charge in [-0.2, -0.15) is 0 Å². The molecule has 0 amide bonds. The van der Waals surface area contributed by atoms with Gasteiger partial charge in [-0.15, -0.1) is 0 Å². The van der Waals surface area contributed by atoms with Gasteiger partial charge in [0.15, 0.2) is 5.65 Å². The van der Waals surface area contributed by atoms with Crippen LogP contribution in [0, 0.1) is 12.7 Å². The zero-order valence-corrected chi connectivity index (χ0v) is 20.5. The number of hydrogen-bond donors (Lipinski definition) is 0. The maximum Gasteiger partial charge on any atom is 0.263 e. The Labute approximate surface area is 211 Å². The van der Waals surface area contributed by atoms with Gasteiger partial charge in [-0.05, 0) is 49.7 Å². The molecule has 0 spiro atoms. The molecule has 36 heavy (non-hydrogen) atoms. The lowest BCUT2D eigenvalue weighted by Gasteiger charge is -2.38. The number of morpholine rings is 1. The summed E-state index contributed by atoms with van der Waals surface area (Å²) in [5.41, 5.74) is 3.49. The number of fused-ring (bicyclic) bond motifs is 2. The van der Waals surface area contributed by atoms with Crippen LogP contribution in [-0.2, 0) is 22.7 Å². The highest BCUT2D eigenvalue weighted by atomic mass is 35.5. The Morgan fingerprint density at radius 3 is 2.81 bits per heavy atom. The van der Waals surface area contributed by atoms with Crippen molar-refractivity contribution in [3.05, 3.63) is 86.4 Å². The Bertz CT molecular complexity index is 1560. The highest BCUT2D eigenvalue weighted by Crippen LogP contribution is 2.32. The summed E-state index contributed by atoms with van der Waals surface area (Å²) in [6.45, 7) is 5.42. The lowest BCUT2D eigenvalue weighted by Crippen LogP contribution is -2.43. The first kappa shape index (κ1) is 23.0. The van der Waals surface area contributed by atoms with Gasteiger partial charge in [0.2, 0.25) is 0 Å². The van der Waals surface area contributed by atoms with Crippen LogP contribution in [0.3, 0.4) is 0 Å². The molecular formula is C26H23ClFN5O3. The van der Waals surface area contributed by atoms with Crippen molar-refractivity contribution in [3.63, 3.8) is 0 Å². The average molecular weight is 508 g/mol. The molecule has 1 fully saturated rings. The zero-order chi connectivity index (χ0) is 25.0. The van der Waals surface area contributed by atoms with Gasteiger partial charge < -0.3 is 14.4 Å². The second-order valence-corrected chi connectivity index (χ2v) is 9.61. The van der Waals surface area contributed by atoms with E-state index in [0.717, 1.165) is 11.3 Å². The third kappa shape index (κ3) is 4.03. The van der Waals surface area contributed by atoms with E-state index in [-0.39, 0.29) is 52.9 Å². The number of rotatable bonds is 3. The van der Waals surface area contributed by atoms with Crippen LogP contribution in [-0.4, -0.2) is 38.5 Å². The van der Waals surface area contributed by atoms with Crippen molar-refractivity contribution in [1.29, 1.82) is 0 Å². The first-order chi connectivity index (χ1) is 17.4. The molecule has 0 N–H and O–H groups in total. The lowest BCUT2D eigenvalue weighted by molar-refractivity contribution is -0.0177. The molecule has 5 heterocycles. The molecule has 2 aliphatic rings. The minimum atomic E-state index is -0.541. The summed E-state index contributed by atoms with van der Waals surface area (Å²) in [4.78, 5) is 29.3. The molecular weight excluding hydrogens is 485 g/mol. The Balaban J connectivity index is 1.52. The number of hydrogen-bond acceptors (Lipinski definition) is 7. The van der Waals surface area contributed by atoms with E-state index in [1.165, 1.54) is 10.5 Å². The van der Waals surface area contributed by atoms with Gasteiger partial charge >= 0.3 is 0 Å². The topological polar surface area (TPSA) is 81.9 Å². The SMILES string of the molecule is Cc1cc([C@H]2CN(c3cn4c(=O)c5c(nc4c(-c4ccc(Cl)cc4F)n3)COC5)C[C@@H](C)O2)ccn1. The van der Waals surface area contributed by atoms with Gasteiger partial charge in [0.05, 0.1) is 36.8 Å². The molecule has 184 valence electrons. The Morgan fingerprint density at radius 2 is 2.00 bits per heavy atom. The number of benzene rings is 1. The van der Waals surface area contributed by atoms with Gasteiger partial charge in [0.25, 0.3) is 5.56 Å². The van der Waals surface area contributed by atoms with E-state index in [4.69, 9.17) is 26.1 Å². The van der Waals surface area contributed by atoms with Crippen LogP contribution in [0.25, 0.3) is 16.9 Å². The summed E-state index contributed by atoms with van der Waals surface area (Å²) < 4.78 is 28.2. The minimum Gasteiger partial charge on any atom is -0.370 e. The van der Waals surface area contributed by atoms with Crippen LogP contribution < -0.4 is 10.5 Å². The summed E-state index contributed by atoms with van der Waals surface area (Å²) in [5.74, 6) is -0.0129. The first-order valence-corrected chi connectivity index (χ1v) is 12.1. The van der Waals surface area contributed by atoms with E-state index in [0.29, 0.717) is 30.2 Å². The molecule has 2 atom stereocenters. The Kier molecular flexibility index (Phi) is 5.70. The number of anilines is 1. The number of aryl methyl sites for hydroxylation is 1. The standard InChI is InChI=1S/C26H23ClFN5O3/c1-14-7-16(5-6-29-14)22-10-32(9-15(2)36-22)23-11-33-25(30-21-13-35-12-19(21)26(33)34)24(31-23)18-4-3-17(27)8-20(18)28/h3-8,11,15,22H,9-10,12-13H2,1-2H3/t15-,22-/m1/s1. The second-order valence-electron chi connectivity index (χ2n) is 9.17. The fourth-order valence-electron chi connectivity index (χ4n) is 4.83. The molecule has 0 radical (unpaired) electrons. The number of ether oxygens (including phenoxy) is 2. The Morgan fingerprint density at radius 1 is 1.14 bits per heavy atom. The second kappa shape index (κ2) is 8.92. The largest absolute Gasteiger partial charge is 0.370 e. The normalized spacial score (nSPS) is 19.6. The van der Waals surface area contributed by atoms with E-state index in [2.05, 4.69) is 14.9 Å². The van der Waals surface area contributed by atoms with E-state index < -0.39 is 5.82 Å². The van der Waals surface area contributed by atoms with Crippen LogP contribution in [0.1, 0.15) is 35.5 Å². The minimum absolute atomic E-state index is 0.103. The molecule has 1 aromatic carbocycles. The van der Waals surface area contributed by atoms with E-state index in [1.54, 1.807) is 24.5 Å². The van der Waals surface area contributed by atoms with Crippen molar-refractivity contribution in [2.75, 3.05) is 18.0 Å². The zero-order valence-electron chi connectivity index (χ0n) is 19.7. The molecule has 4 aromatic rings. The maximum atomic E-state index is 15.1. The first-order valence-electron chi connectivity index (χ1n) is 11.7. The smallest absolute Gasteiger partial charge is 0.263 e. The van der Waals surface area contributed by atoms with Gasteiger partial charge in [-0.3, -0.25) is 14.2 Å². The summed E-state index contributed by atoms with van der Waals surface area (Å²) in [6.07, 6.45) is 3.12. The molecule has 10 heteroatoms. The fraction of sp³-hybridized carbons (Fsp3) is 0.308. The molecule has 8 nitrogen and oxygen atoms in total. The molecule has 1 saturated heterocycles. The fourth-order valence-corrected chi connectivity index (χ4v) is 4.99. The van der Waals surface area contributed by atoms with Crippen molar-refractivity contribution in [3.8, 4) is 11.3 Å². The van der Waals surface area contributed by atoms with Crippen LogP contribution in [0.4, 0.5) is 10.2 Å². The molecule has 3 aromatic heterocycles. The maximum absolute atomic E-state index is 15.1. The monoisotopic (exact) mass is 507 g/mol. The summed E-state index contributed by atoms with van der Waals surface area (Å²) in [7, 11) is 0. The molecule has 2 aliphatic heterocycles. The number of pyridine rings is 1. The van der Waals surface area contributed by atoms with E-state index >= 15 is 4.39 Å². The van der Waals surface area contributed by atoms with Gasteiger partial charge in [0, 0.05) is 35.6 Å². The van der Waals surface area contributed by atoms with Crippen LogP contribution in [0.2, 0.25) is 5.02 Å². The quantitative estimate of drug-likeness (QED) is 0.410. The van der Waals surface area contributed by atoms with Crippen LogP contribution in [0.5, 0.6) is 0 Å². The molecule has 0 bridgehead atoms. The number of nitrogens with zero attached hydrogens (tertiary/aromatic N) is 5. The van der Waals surface area contributed by atoms with Gasteiger partial charge in [-0.1, -0.05) is 11.6 Å². The van der Waals surface area contributed by atoms with Gasteiger partial charge in [0.1, 0.15) is 23.4 Å². The van der Waals surface area contributed by atoms with Crippen molar-refractivity contribution >= 4 is 23.1 Å². The number of halogens is 2. The van der Waals surface area contributed by atoms with Gasteiger partial charge in [-0.25, -0.2) is 14.4 Å². The predicted molar refractivity (Wildman–Crippen MR) is 133 cm³/mol. The lowest BCUT2D eigenvalue weighted by atomic mass is 10.1. The molecule has 0 saturated carbocycles. The Hall–Kier alpha value is -3.40. The summed E-state index contributed by atoms with van der Waals surface area (Å²) in [6, 6.07) is 8.33. The van der Waals surface area contributed by atoms with Crippen molar-refractivity contribution < 1.29 is 13.9 Å². The highest BCUT2D eigenvalue weighted by Gasteiger charge is 2.30. The van der Waals surface area contributed by atoms with Crippen molar-refractivity contribution in [2.24, 2.45) is 0 Å². The average Bonchev–Trinajstić information content (AvgIpc) is 3.33. The summed E-state index contributed by atoms with van der Waals surface area (Å²) in [5, 5.41) is 0.272. The molecule has 6 rings (SSSR count). The highest BCUT2D eigenvalue weighted by molar-refractivity contribution is 6.30. The van der Waals surface area contributed by atoms with E-state index in [9.17, 15) is 4.79 Å². The van der Waals surface area contributed by atoms with Crippen molar-refractivity contribution in [2.45, 2.75) is 39.3 Å². The predicted octanol–water partition coefficient (Wildman–Crippen LogP) is 4.25. The summed E-state index contributed by atoms with van der Waals surface area (Å²) >= 11 is 6.00. The third-order valence-corrected chi connectivity index (χ3v) is 6.76. The van der Waals surface area contributed by atoms with Crippen LogP contribution in [0.15, 0.2) is 47.5 Å². The number of aromatic nitrogens is 4. The third-order valence-electron chi connectivity index (χ3n) is 6.53. The van der Waals surface area contributed by atoms with Crippen molar-refractivity contribution in [1.82, 2.24) is 19.4 Å². The van der Waals surface area contributed by atoms with E-state index in [1.807, 2.05) is 26.0 Å².